The monoisotopic (exact) mass is 880 g/mol. The van der Waals surface area contributed by atoms with Crippen LogP contribution in [0.3, 0.4) is 0 Å². The van der Waals surface area contributed by atoms with Gasteiger partial charge in [-0.1, -0.05) is 77.8 Å². The number of fused-ring (bicyclic) bond motifs is 2. The average Bonchev–Trinajstić information content (AvgIpc) is 3.30. The van der Waals surface area contributed by atoms with Crippen molar-refractivity contribution in [3.05, 3.63) is 176 Å². The van der Waals surface area contributed by atoms with E-state index < -0.39 is 41.9 Å². The van der Waals surface area contributed by atoms with E-state index in [2.05, 4.69) is 16.7 Å². The Morgan fingerprint density at radius 2 is 1.52 bits per heavy atom. The molecule has 3 amide bonds. The number of carbonyl (C=O) groups is 4. The lowest BCUT2D eigenvalue weighted by atomic mass is 9.91. The predicted octanol–water partition coefficient (Wildman–Crippen LogP) is 8.57. The summed E-state index contributed by atoms with van der Waals surface area (Å²) in [4.78, 5) is 56.0. The van der Waals surface area contributed by atoms with E-state index >= 15 is 0 Å². The third kappa shape index (κ3) is 9.45. The fourth-order valence-corrected chi connectivity index (χ4v) is 7.89. The summed E-state index contributed by atoms with van der Waals surface area (Å²) in [6.45, 7) is 0.250. The minimum Gasteiger partial charge on any atom is -0.497 e. The normalized spacial score (nSPS) is 15.7. The number of aliphatic carboxylic acids is 1. The molecule has 0 bridgehead atoms. The number of halogens is 2. The number of rotatable bonds is 12. The summed E-state index contributed by atoms with van der Waals surface area (Å²) in [5, 5.41) is 25.9. The number of hydrogen-bond acceptors (Lipinski definition) is 8. The van der Waals surface area contributed by atoms with Crippen LogP contribution in [0.15, 0.2) is 127 Å². The summed E-state index contributed by atoms with van der Waals surface area (Å²) in [5.74, 6) is -1.23. The van der Waals surface area contributed by atoms with Crippen LogP contribution in [0.5, 0.6) is 17.2 Å². The zero-order chi connectivity index (χ0) is 44.2. The van der Waals surface area contributed by atoms with Crippen LogP contribution in [0, 0.1) is 11.3 Å². The van der Waals surface area contributed by atoms with E-state index in [-0.39, 0.29) is 26.0 Å². The molecule has 8 rings (SSSR count). The maximum Gasteiger partial charge on any atom is 0.326 e. The molecule has 2 heterocycles. The maximum atomic E-state index is 14.2. The van der Waals surface area contributed by atoms with Crippen molar-refractivity contribution < 1.29 is 38.5 Å². The summed E-state index contributed by atoms with van der Waals surface area (Å²) in [6.07, 6.45) is -0.971. The first-order valence-corrected chi connectivity index (χ1v) is 20.6. The van der Waals surface area contributed by atoms with Gasteiger partial charge in [-0.25, -0.2) is 4.79 Å². The van der Waals surface area contributed by atoms with E-state index in [1.807, 2.05) is 30.3 Å². The van der Waals surface area contributed by atoms with Crippen LogP contribution < -0.4 is 24.8 Å². The number of carboxylic acids is 1. The molecule has 2 aliphatic rings. The fourth-order valence-electron chi connectivity index (χ4n) is 7.57. The van der Waals surface area contributed by atoms with Crippen LogP contribution >= 0.6 is 23.2 Å². The standard InChI is InChI=1S/C49H38Cl2N4O8/c1-61-37-15-13-34(14-16-37)48(58)55-26-36-24-44-41(53-47(57)45(63-44)33-11-17-38(18-12-33)62-27-30-6-19-39(50)40(51)20-30)22-35(36)23-43(55)46(56)54-42(49(59)60)21-28-2-7-31(8-3-28)32-9-4-29(25-52)5-10-32/h2-20,22,24,42-43,45H,21,23,26-27H2,1H3,(H,53,57)(H,54,56)(H,59,60)/t42-,43?,45-/m0/s1. The molecule has 12 nitrogen and oxygen atoms in total. The zero-order valence-electron chi connectivity index (χ0n) is 33.6. The van der Waals surface area contributed by atoms with Crippen LogP contribution in [-0.4, -0.2) is 52.9 Å². The minimum absolute atomic E-state index is 0.00699. The third-order valence-electron chi connectivity index (χ3n) is 11.0. The van der Waals surface area contributed by atoms with Crippen molar-refractivity contribution in [1.29, 1.82) is 5.26 Å². The summed E-state index contributed by atoms with van der Waals surface area (Å²) in [7, 11) is 1.52. The molecule has 3 N–H and O–H groups in total. The second-order valence-corrected chi connectivity index (χ2v) is 15.9. The Bertz CT molecular complexity index is 2760. The molecule has 6 aromatic rings. The Hall–Kier alpha value is -7.33. The number of amides is 3. The maximum absolute atomic E-state index is 14.2. The van der Waals surface area contributed by atoms with Crippen molar-refractivity contribution in [2.24, 2.45) is 0 Å². The number of carboxylic acid groups (broad SMARTS) is 1. The van der Waals surface area contributed by atoms with Gasteiger partial charge in [0.1, 0.15) is 35.9 Å². The Morgan fingerprint density at radius 1 is 0.857 bits per heavy atom. The molecule has 0 saturated carbocycles. The molecule has 0 saturated heterocycles. The largest absolute Gasteiger partial charge is 0.497 e. The second-order valence-electron chi connectivity index (χ2n) is 15.1. The van der Waals surface area contributed by atoms with E-state index in [0.717, 1.165) is 16.7 Å². The highest BCUT2D eigenvalue weighted by atomic mass is 35.5. The van der Waals surface area contributed by atoms with E-state index in [1.165, 1.54) is 12.0 Å². The number of methoxy groups -OCH3 is 1. The molecule has 1 unspecified atom stereocenters. The average molecular weight is 882 g/mol. The molecule has 316 valence electrons. The highest BCUT2D eigenvalue weighted by Gasteiger charge is 2.39. The number of carbonyl (C=O) groups excluding carboxylic acids is 3. The van der Waals surface area contributed by atoms with Gasteiger partial charge in [0.25, 0.3) is 11.8 Å². The van der Waals surface area contributed by atoms with Gasteiger partial charge in [0.2, 0.25) is 12.0 Å². The van der Waals surface area contributed by atoms with Gasteiger partial charge >= 0.3 is 5.97 Å². The molecular weight excluding hydrogens is 843 g/mol. The van der Waals surface area contributed by atoms with Crippen LogP contribution in [-0.2, 0) is 40.4 Å². The van der Waals surface area contributed by atoms with Gasteiger partial charge in [0, 0.05) is 30.5 Å². The lowest BCUT2D eigenvalue weighted by Crippen LogP contribution is -2.56. The first kappa shape index (κ1) is 42.4. The predicted molar refractivity (Wildman–Crippen MR) is 236 cm³/mol. The highest BCUT2D eigenvalue weighted by Crippen LogP contribution is 2.40. The van der Waals surface area contributed by atoms with Gasteiger partial charge in [-0.2, -0.15) is 5.26 Å². The molecule has 0 radical (unpaired) electrons. The smallest absolute Gasteiger partial charge is 0.326 e. The van der Waals surface area contributed by atoms with Gasteiger partial charge < -0.3 is 34.9 Å². The summed E-state index contributed by atoms with van der Waals surface area (Å²) >= 11 is 12.2. The highest BCUT2D eigenvalue weighted by molar-refractivity contribution is 6.42. The fraction of sp³-hybridized carbons (Fsp3) is 0.163. The number of anilines is 1. The summed E-state index contributed by atoms with van der Waals surface area (Å²) < 4.78 is 17.5. The molecule has 2 aliphatic heterocycles. The van der Waals surface area contributed by atoms with Crippen molar-refractivity contribution >= 4 is 52.6 Å². The zero-order valence-corrected chi connectivity index (χ0v) is 35.2. The van der Waals surface area contributed by atoms with Gasteiger partial charge in [-0.05, 0) is 106 Å². The molecular formula is C49H38Cl2N4O8. The van der Waals surface area contributed by atoms with Crippen molar-refractivity contribution in [3.8, 4) is 34.4 Å². The lowest BCUT2D eigenvalue weighted by molar-refractivity contribution is -0.142. The van der Waals surface area contributed by atoms with Crippen molar-refractivity contribution in [2.45, 2.75) is 44.2 Å². The molecule has 0 aliphatic carbocycles. The molecule has 0 aromatic heterocycles. The number of nitrogens with zero attached hydrogens (tertiary/aromatic N) is 2. The first-order chi connectivity index (χ1) is 30.5. The molecule has 0 fully saturated rings. The van der Waals surface area contributed by atoms with E-state index in [1.54, 1.807) is 97.1 Å². The van der Waals surface area contributed by atoms with Crippen LogP contribution in [0.25, 0.3) is 11.1 Å². The molecule has 63 heavy (non-hydrogen) atoms. The second kappa shape index (κ2) is 18.3. The molecule has 6 aromatic carbocycles. The van der Waals surface area contributed by atoms with E-state index in [9.17, 15) is 24.3 Å². The Labute approximate surface area is 372 Å². The number of hydrogen-bond donors (Lipinski definition) is 3. The minimum atomic E-state index is -1.31. The number of benzene rings is 6. The lowest BCUT2D eigenvalue weighted by Gasteiger charge is -2.37. The van der Waals surface area contributed by atoms with Crippen LogP contribution in [0.4, 0.5) is 5.69 Å². The molecule has 3 atom stereocenters. The third-order valence-corrected chi connectivity index (χ3v) is 11.7. The number of nitrogens with one attached hydrogen (secondary N) is 2. The Balaban J connectivity index is 1.00. The quantitative estimate of drug-likeness (QED) is 0.109. The summed E-state index contributed by atoms with van der Waals surface area (Å²) in [5.41, 5.74) is 6.49. The Kier molecular flexibility index (Phi) is 12.3. The topological polar surface area (TPSA) is 167 Å². The SMILES string of the molecule is COc1ccc(C(=O)N2Cc3cc4c(cc3CC2C(=O)N[C@@H](Cc2ccc(-c3ccc(C#N)cc3)cc2)C(=O)O)NC(=O)[C@H](c2ccc(OCc3ccc(Cl)c(Cl)c3)cc2)O4)cc1. The summed E-state index contributed by atoms with van der Waals surface area (Å²) in [6, 6.07) is 36.3. The van der Waals surface area contributed by atoms with E-state index in [4.69, 9.17) is 42.7 Å². The number of ether oxygens (including phenoxy) is 3. The van der Waals surface area contributed by atoms with Gasteiger partial charge in [-0.15, -0.1) is 0 Å². The van der Waals surface area contributed by atoms with E-state index in [0.29, 0.717) is 66.4 Å². The van der Waals surface area contributed by atoms with Gasteiger partial charge in [0.05, 0.1) is 34.5 Å². The van der Waals surface area contributed by atoms with Gasteiger partial charge in [0.15, 0.2) is 0 Å². The van der Waals surface area contributed by atoms with Crippen molar-refractivity contribution in [2.75, 3.05) is 12.4 Å². The number of nitriles is 1. The van der Waals surface area contributed by atoms with Gasteiger partial charge in [-0.3, -0.25) is 14.4 Å². The Morgan fingerprint density at radius 3 is 2.17 bits per heavy atom. The van der Waals surface area contributed by atoms with Crippen molar-refractivity contribution in [3.63, 3.8) is 0 Å². The van der Waals surface area contributed by atoms with Crippen LogP contribution in [0.2, 0.25) is 10.0 Å². The molecule has 0 spiro atoms. The van der Waals surface area contributed by atoms with Crippen LogP contribution in [0.1, 0.15) is 49.8 Å². The molecule has 14 heteroatoms. The first-order valence-electron chi connectivity index (χ1n) is 19.8. The van der Waals surface area contributed by atoms with Crippen molar-refractivity contribution in [1.82, 2.24) is 10.2 Å².